The maximum atomic E-state index is 13.2. The highest BCUT2D eigenvalue weighted by atomic mass is 35.5. The molecule has 2 aliphatic rings. The van der Waals surface area contributed by atoms with Crippen LogP contribution in [0.3, 0.4) is 0 Å². The number of pyridine rings is 1. The third kappa shape index (κ3) is 6.07. The van der Waals surface area contributed by atoms with Crippen LogP contribution < -0.4 is 4.90 Å². The molecule has 1 aromatic carbocycles. The number of halogens is 1. The molecule has 39 heavy (non-hydrogen) atoms. The fourth-order valence-electron chi connectivity index (χ4n) is 5.58. The molecule has 0 spiro atoms. The standard InChI is InChI=1S/C30H38ClN5O3/c1-5-21-16-32-28-26(21)27(31)24(17-33-28)22-7-6-8-23(15-22)36-14-13-34(19-25(36)37)18-20-9-11-35(12-10-20)29(38)39-30(2,3)4/h6-8,15-17,20H,5,9-14,18-19H2,1-4H3,(H,32,33). The van der Waals surface area contributed by atoms with Gasteiger partial charge in [-0.2, -0.15) is 0 Å². The van der Waals surface area contributed by atoms with Gasteiger partial charge in [-0.05, 0) is 69.2 Å². The normalized spacial score (nSPS) is 17.7. The molecule has 0 unspecified atom stereocenters. The van der Waals surface area contributed by atoms with Crippen molar-refractivity contribution in [3.8, 4) is 11.1 Å². The lowest BCUT2D eigenvalue weighted by molar-refractivity contribution is -0.121. The molecule has 0 saturated carbocycles. The van der Waals surface area contributed by atoms with Crippen LogP contribution in [0.5, 0.6) is 0 Å². The Morgan fingerprint density at radius 3 is 2.64 bits per heavy atom. The van der Waals surface area contributed by atoms with E-state index >= 15 is 0 Å². The number of piperidine rings is 1. The Morgan fingerprint density at radius 2 is 1.95 bits per heavy atom. The van der Waals surface area contributed by atoms with Crippen molar-refractivity contribution in [2.75, 3.05) is 44.2 Å². The zero-order valence-electron chi connectivity index (χ0n) is 23.3. The number of aryl methyl sites for hydroxylation is 1. The van der Waals surface area contributed by atoms with Crippen LogP contribution in [0.1, 0.15) is 46.1 Å². The topological polar surface area (TPSA) is 81.8 Å². The van der Waals surface area contributed by atoms with Crippen molar-refractivity contribution in [2.45, 2.75) is 52.6 Å². The van der Waals surface area contributed by atoms with Crippen LogP contribution >= 0.6 is 11.6 Å². The van der Waals surface area contributed by atoms with Crippen molar-refractivity contribution < 1.29 is 14.3 Å². The fraction of sp³-hybridized carbons (Fsp3) is 0.500. The summed E-state index contributed by atoms with van der Waals surface area (Å²) in [5.41, 5.74) is 4.14. The van der Waals surface area contributed by atoms with Crippen molar-refractivity contribution >= 4 is 40.3 Å². The summed E-state index contributed by atoms with van der Waals surface area (Å²) in [6.45, 7) is 11.9. The Balaban J connectivity index is 1.20. The molecule has 3 aromatic rings. The second-order valence-corrected chi connectivity index (χ2v) is 12.0. The number of ether oxygens (including phenoxy) is 1. The number of carbonyl (C=O) groups excluding carboxylic acids is 2. The summed E-state index contributed by atoms with van der Waals surface area (Å²) < 4.78 is 5.51. The number of aromatic amines is 1. The van der Waals surface area contributed by atoms with Gasteiger partial charge in [-0.15, -0.1) is 0 Å². The quantitative estimate of drug-likeness (QED) is 0.437. The summed E-state index contributed by atoms with van der Waals surface area (Å²) >= 11 is 6.86. The number of H-pyrrole nitrogens is 1. The number of likely N-dealkylation sites (tertiary alicyclic amines) is 1. The number of rotatable bonds is 5. The van der Waals surface area contributed by atoms with Gasteiger partial charge in [0.2, 0.25) is 5.91 Å². The molecule has 2 saturated heterocycles. The number of benzene rings is 1. The van der Waals surface area contributed by atoms with Crippen LogP contribution in [0.4, 0.5) is 10.5 Å². The molecule has 8 nitrogen and oxygen atoms in total. The van der Waals surface area contributed by atoms with Crippen LogP contribution in [-0.4, -0.2) is 76.6 Å². The van der Waals surface area contributed by atoms with E-state index in [9.17, 15) is 9.59 Å². The summed E-state index contributed by atoms with van der Waals surface area (Å²) in [5.74, 6) is 0.570. The number of fused-ring (bicyclic) bond motifs is 1. The summed E-state index contributed by atoms with van der Waals surface area (Å²) in [7, 11) is 0. The minimum absolute atomic E-state index is 0.100. The highest BCUT2D eigenvalue weighted by molar-refractivity contribution is 6.38. The van der Waals surface area contributed by atoms with Crippen LogP contribution in [0.25, 0.3) is 22.2 Å². The van der Waals surface area contributed by atoms with Crippen LogP contribution in [-0.2, 0) is 16.0 Å². The molecule has 0 atom stereocenters. The summed E-state index contributed by atoms with van der Waals surface area (Å²) in [5, 5.41) is 1.65. The molecule has 9 heteroatoms. The first-order valence-corrected chi connectivity index (χ1v) is 14.3. The van der Waals surface area contributed by atoms with Gasteiger partial charge in [0.15, 0.2) is 0 Å². The molecule has 0 radical (unpaired) electrons. The summed E-state index contributed by atoms with van der Waals surface area (Å²) in [4.78, 5) is 39.3. The Kier molecular flexibility index (Phi) is 7.87. The van der Waals surface area contributed by atoms with Gasteiger partial charge >= 0.3 is 6.09 Å². The number of nitrogens with one attached hydrogen (secondary N) is 1. The van der Waals surface area contributed by atoms with Gasteiger partial charge in [-0.3, -0.25) is 9.69 Å². The van der Waals surface area contributed by atoms with Gasteiger partial charge in [0.25, 0.3) is 0 Å². The molecule has 2 fully saturated rings. The molecular weight excluding hydrogens is 514 g/mol. The zero-order valence-corrected chi connectivity index (χ0v) is 24.1. The lowest BCUT2D eigenvalue weighted by atomic mass is 9.96. The van der Waals surface area contributed by atoms with Crippen molar-refractivity contribution in [2.24, 2.45) is 5.92 Å². The van der Waals surface area contributed by atoms with E-state index in [1.54, 1.807) is 11.1 Å². The Labute approximate surface area is 235 Å². The first kappa shape index (κ1) is 27.5. The molecule has 2 aromatic heterocycles. The third-order valence-electron chi connectivity index (χ3n) is 7.65. The maximum Gasteiger partial charge on any atom is 0.410 e. The maximum absolute atomic E-state index is 13.2. The number of aromatic nitrogens is 2. The molecule has 2 aliphatic heterocycles. The number of hydrogen-bond acceptors (Lipinski definition) is 5. The predicted molar refractivity (Wildman–Crippen MR) is 155 cm³/mol. The molecule has 2 amide bonds. The SMILES string of the molecule is CCc1c[nH]c2ncc(-c3cccc(N4CCN(CC5CCN(C(=O)OC(C)(C)C)CC5)CC4=O)c3)c(Cl)c12. The number of carbonyl (C=O) groups is 2. The van der Waals surface area contributed by atoms with Gasteiger partial charge in [0, 0.05) is 61.8 Å². The summed E-state index contributed by atoms with van der Waals surface area (Å²) in [6.07, 6.45) is 6.25. The second-order valence-electron chi connectivity index (χ2n) is 11.6. The second kappa shape index (κ2) is 11.2. The van der Waals surface area contributed by atoms with Crippen molar-refractivity contribution in [3.05, 3.63) is 47.2 Å². The lowest BCUT2D eigenvalue weighted by Gasteiger charge is -2.38. The monoisotopic (exact) mass is 551 g/mol. The van der Waals surface area contributed by atoms with Gasteiger partial charge < -0.3 is 19.5 Å². The Bertz CT molecular complexity index is 1360. The van der Waals surface area contributed by atoms with E-state index in [1.165, 1.54) is 0 Å². The zero-order chi connectivity index (χ0) is 27.7. The van der Waals surface area contributed by atoms with E-state index in [-0.39, 0.29) is 12.0 Å². The molecule has 4 heterocycles. The first-order valence-electron chi connectivity index (χ1n) is 13.9. The largest absolute Gasteiger partial charge is 0.444 e. The highest BCUT2D eigenvalue weighted by Gasteiger charge is 2.31. The van der Waals surface area contributed by atoms with E-state index in [2.05, 4.69) is 21.8 Å². The molecule has 0 bridgehead atoms. The lowest BCUT2D eigenvalue weighted by Crippen LogP contribution is -2.52. The van der Waals surface area contributed by atoms with Crippen LogP contribution in [0, 0.1) is 5.92 Å². The number of amides is 2. The molecule has 1 N–H and O–H groups in total. The van der Waals surface area contributed by atoms with Gasteiger partial charge in [-0.25, -0.2) is 9.78 Å². The van der Waals surface area contributed by atoms with Crippen molar-refractivity contribution in [3.63, 3.8) is 0 Å². The first-order chi connectivity index (χ1) is 18.6. The van der Waals surface area contributed by atoms with E-state index in [1.807, 2.05) is 56.1 Å². The average molecular weight is 552 g/mol. The van der Waals surface area contributed by atoms with Crippen LogP contribution in [0.2, 0.25) is 5.02 Å². The average Bonchev–Trinajstić information content (AvgIpc) is 3.33. The van der Waals surface area contributed by atoms with Crippen molar-refractivity contribution in [1.82, 2.24) is 19.8 Å². The van der Waals surface area contributed by atoms with E-state index < -0.39 is 5.60 Å². The highest BCUT2D eigenvalue weighted by Crippen LogP contribution is 2.36. The van der Waals surface area contributed by atoms with E-state index in [0.29, 0.717) is 37.1 Å². The fourth-order valence-corrected chi connectivity index (χ4v) is 5.95. The van der Waals surface area contributed by atoms with Gasteiger partial charge in [-0.1, -0.05) is 30.7 Å². The van der Waals surface area contributed by atoms with E-state index in [4.69, 9.17) is 16.3 Å². The summed E-state index contributed by atoms with van der Waals surface area (Å²) in [6, 6.07) is 8.01. The number of anilines is 1. The van der Waals surface area contributed by atoms with Gasteiger partial charge in [0.05, 0.1) is 11.6 Å². The van der Waals surface area contributed by atoms with Gasteiger partial charge in [0.1, 0.15) is 11.2 Å². The molecule has 5 rings (SSSR count). The number of hydrogen-bond donors (Lipinski definition) is 1. The molecule has 208 valence electrons. The third-order valence-corrected chi connectivity index (χ3v) is 8.04. The Morgan fingerprint density at radius 1 is 1.18 bits per heavy atom. The Hall–Kier alpha value is -3.10. The molecule has 0 aliphatic carbocycles. The predicted octanol–water partition coefficient (Wildman–Crippen LogP) is 5.74. The smallest absolute Gasteiger partial charge is 0.410 e. The minimum Gasteiger partial charge on any atom is -0.444 e. The van der Waals surface area contributed by atoms with Crippen molar-refractivity contribution in [1.29, 1.82) is 0 Å². The molecular formula is C30H38ClN5O3. The van der Waals surface area contributed by atoms with E-state index in [0.717, 1.165) is 65.8 Å². The minimum atomic E-state index is -0.481. The number of piperazine rings is 1. The number of nitrogens with zero attached hydrogens (tertiary/aromatic N) is 4. The van der Waals surface area contributed by atoms with Crippen LogP contribution in [0.15, 0.2) is 36.7 Å².